The van der Waals surface area contributed by atoms with Crippen LogP contribution in [0.1, 0.15) is 29.3 Å². The van der Waals surface area contributed by atoms with Crippen molar-refractivity contribution in [3.63, 3.8) is 0 Å². The van der Waals surface area contributed by atoms with Gasteiger partial charge in [0, 0.05) is 12.1 Å². The molecule has 0 atom stereocenters. The maximum atomic E-state index is 13.8. The maximum Gasteiger partial charge on any atom is 0.251 e. The number of amides is 2. The first kappa shape index (κ1) is 22.2. The number of halogens is 3. The zero-order valence-corrected chi connectivity index (χ0v) is 16.5. The molecule has 0 heterocycles. The zero-order valence-electron chi connectivity index (χ0n) is 15.7. The molecule has 0 spiro atoms. The van der Waals surface area contributed by atoms with E-state index in [2.05, 4.69) is 5.32 Å². The summed E-state index contributed by atoms with van der Waals surface area (Å²) in [6, 6.07) is 4.49. The van der Waals surface area contributed by atoms with Crippen LogP contribution in [0.4, 0.5) is 14.5 Å². The van der Waals surface area contributed by atoms with Gasteiger partial charge in [-0.3, -0.25) is 9.59 Å². The standard InChI is InChI=1S/C20H19ClF2N2O4/c1-3-6-29-19-13(21)7-11(8-17(19)28-2)4-5-18(26)25-16-9-12(20(24)27)14(22)10-15(16)23/h4-5,7-10H,3,6H2,1-2H3,(H2,24,27)(H,25,26)/b5-4+. The Hall–Kier alpha value is -3.13. The van der Waals surface area contributed by atoms with Gasteiger partial charge < -0.3 is 20.5 Å². The average molecular weight is 425 g/mol. The quantitative estimate of drug-likeness (QED) is 0.622. The minimum absolute atomic E-state index is 0.300. The summed E-state index contributed by atoms with van der Waals surface area (Å²) in [6.45, 7) is 2.41. The summed E-state index contributed by atoms with van der Waals surface area (Å²) in [4.78, 5) is 23.3. The predicted molar refractivity (Wildman–Crippen MR) is 106 cm³/mol. The Labute approximate surface area is 171 Å². The lowest BCUT2D eigenvalue weighted by Crippen LogP contribution is -2.16. The number of carbonyl (C=O) groups is 2. The molecule has 0 aromatic heterocycles. The van der Waals surface area contributed by atoms with E-state index in [0.29, 0.717) is 34.8 Å². The molecule has 2 aromatic carbocycles. The normalized spacial score (nSPS) is 10.8. The van der Waals surface area contributed by atoms with Crippen molar-refractivity contribution < 1.29 is 27.8 Å². The van der Waals surface area contributed by atoms with Crippen LogP contribution in [0.2, 0.25) is 5.02 Å². The van der Waals surface area contributed by atoms with Crippen molar-refractivity contribution in [1.29, 1.82) is 0 Å². The number of hydrogen-bond donors (Lipinski definition) is 2. The third-order valence-corrected chi connectivity index (χ3v) is 3.99. The molecule has 0 unspecified atom stereocenters. The van der Waals surface area contributed by atoms with Crippen molar-refractivity contribution in [3.05, 3.63) is 58.1 Å². The van der Waals surface area contributed by atoms with Crippen LogP contribution in [0.25, 0.3) is 6.08 Å². The number of carbonyl (C=O) groups excluding carboxylic acids is 2. The number of ether oxygens (including phenoxy) is 2. The molecule has 0 aliphatic heterocycles. The zero-order chi connectivity index (χ0) is 21.6. The second kappa shape index (κ2) is 9.88. The van der Waals surface area contributed by atoms with Gasteiger partial charge in [0.15, 0.2) is 11.5 Å². The van der Waals surface area contributed by atoms with Crippen LogP contribution in [-0.2, 0) is 4.79 Å². The highest BCUT2D eigenvalue weighted by Gasteiger charge is 2.15. The fourth-order valence-corrected chi connectivity index (χ4v) is 2.63. The number of nitrogens with one attached hydrogen (secondary N) is 1. The molecule has 0 saturated carbocycles. The summed E-state index contributed by atoms with van der Waals surface area (Å²) in [7, 11) is 1.46. The molecule has 29 heavy (non-hydrogen) atoms. The van der Waals surface area contributed by atoms with Crippen LogP contribution < -0.4 is 20.5 Å². The second-order valence-corrected chi connectivity index (χ2v) is 6.29. The molecule has 0 radical (unpaired) electrons. The first-order valence-electron chi connectivity index (χ1n) is 8.55. The molecule has 0 fully saturated rings. The van der Waals surface area contributed by atoms with Crippen molar-refractivity contribution in [2.24, 2.45) is 5.73 Å². The summed E-state index contributed by atoms with van der Waals surface area (Å²) in [5.74, 6) is -3.17. The van der Waals surface area contributed by atoms with Crippen molar-refractivity contribution in [2.45, 2.75) is 13.3 Å². The van der Waals surface area contributed by atoms with E-state index < -0.39 is 29.0 Å². The van der Waals surface area contributed by atoms with Crippen LogP contribution in [0.3, 0.4) is 0 Å². The van der Waals surface area contributed by atoms with Crippen molar-refractivity contribution in [1.82, 2.24) is 0 Å². The van der Waals surface area contributed by atoms with Crippen molar-refractivity contribution in [2.75, 3.05) is 19.0 Å². The molecule has 6 nitrogen and oxygen atoms in total. The summed E-state index contributed by atoms with van der Waals surface area (Å²) in [5, 5.41) is 2.52. The molecule has 9 heteroatoms. The number of rotatable bonds is 8. The summed E-state index contributed by atoms with van der Waals surface area (Å²) < 4.78 is 38.1. The minimum Gasteiger partial charge on any atom is -0.493 e. The van der Waals surface area contributed by atoms with E-state index in [4.69, 9.17) is 26.8 Å². The molecular formula is C20H19ClF2N2O4. The summed E-state index contributed by atoms with van der Waals surface area (Å²) in [6.07, 6.45) is 3.33. The Morgan fingerprint density at radius 1 is 1.21 bits per heavy atom. The van der Waals surface area contributed by atoms with E-state index in [1.165, 1.54) is 13.2 Å². The number of methoxy groups -OCH3 is 1. The third kappa shape index (κ3) is 5.68. The van der Waals surface area contributed by atoms with E-state index in [1.54, 1.807) is 12.1 Å². The predicted octanol–water partition coefficient (Wildman–Crippen LogP) is 4.17. The fraction of sp³-hybridized carbons (Fsp3) is 0.200. The van der Waals surface area contributed by atoms with Gasteiger partial charge in [-0.1, -0.05) is 18.5 Å². The third-order valence-electron chi connectivity index (χ3n) is 3.71. The first-order valence-corrected chi connectivity index (χ1v) is 8.92. The van der Waals surface area contributed by atoms with Crippen LogP contribution in [0.15, 0.2) is 30.3 Å². The highest BCUT2D eigenvalue weighted by atomic mass is 35.5. The SMILES string of the molecule is CCCOc1c(Cl)cc(/C=C/C(=O)Nc2cc(C(N)=O)c(F)cc2F)cc1OC. The van der Waals surface area contributed by atoms with E-state index in [1.807, 2.05) is 6.92 Å². The molecule has 0 saturated heterocycles. The highest BCUT2D eigenvalue weighted by Crippen LogP contribution is 2.36. The second-order valence-electron chi connectivity index (χ2n) is 5.88. The monoisotopic (exact) mass is 424 g/mol. The van der Waals surface area contributed by atoms with Gasteiger partial charge in [0.05, 0.1) is 30.0 Å². The lowest BCUT2D eigenvalue weighted by Gasteiger charge is -2.12. The van der Waals surface area contributed by atoms with Gasteiger partial charge in [-0.15, -0.1) is 0 Å². The van der Waals surface area contributed by atoms with Crippen LogP contribution in [0.5, 0.6) is 11.5 Å². The Bertz CT molecular complexity index is 964. The number of benzene rings is 2. The topological polar surface area (TPSA) is 90.6 Å². The van der Waals surface area contributed by atoms with Crippen LogP contribution >= 0.6 is 11.6 Å². The van der Waals surface area contributed by atoms with Gasteiger partial charge in [-0.25, -0.2) is 8.78 Å². The lowest BCUT2D eigenvalue weighted by molar-refractivity contribution is -0.111. The molecule has 2 aromatic rings. The largest absolute Gasteiger partial charge is 0.493 e. The van der Waals surface area contributed by atoms with E-state index in [-0.39, 0.29) is 5.69 Å². The number of nitrogens with two attached hydrogens (primary N) is 1. The molecule has 2 amide bonds. The molecular weight excluding hydrogens is 406 g/mol. The Morgan fingerprint density at radius 3 is 2.55 bits per heavy atom. The Balaban J connectivity index is 2.20. The molecule has 0 aliphatic carbocycles. The lowest BCUT2D eigenvalue weighted by atomic mass is 10.1. The van der Waals surface area contributed by atoms with Crippen LogP contribution in [-0.4, -0.2) is 25.5 Å². The van der Waals surface area contributed by atoms with Gasteiger partial charge in [-0.05, 0) is 36.3 Å². The van der Waals surface area contributed by atoms with E-state index >= 15 is 0 Å². The summed E-state index contributed by atoms with van der Waals surface area (Å²) >= 11 is 6.21. The number of primary amides is 1. The number of anilines is 1. The highest BCUT2D eigenvalue weighted by molar-refractivity contribution is 6.32. The average Bonchev–Trinajstić information content (AvgIpc) is 2.66. The first-order chi connectivity index (χ1) is 13.8. The molecule has 0 bridgehead atoms. The van der Waals surface area contributed by atoms with Gasteiger partial charge >= 0.3 is 0 Å². The van der Waals surface area contributed by atoms with Gasteiger partial charge in [0.25, 0.3) is 5.91 Å². The van der Waals surface area contributed by atoms with Gasteiger partial charge in [0.1, 0.15) is 11.6 Å². The van der Waals surface area contributed by atoms with E-state index in [9.17, 15) is 18.4 Å². The fourth-order valence-electron chi connectivity index (χ4n) is 2.36. The maximum absolute atomic E-state index is 13.8. The minimum atomic E-state index is -1.12. The van der Waals surface area contributed by atoms with Crippen molar-refractivity contribution in [3.8, 4) is 11.5 Å². The molecule has 154 valence electrons. The summed E-state index contributed by atoms with van der Waals surface area (Å²) in [5.41, 5.74) is 4.63. The molecule has 3 N–H and O–H groups in total. The molecule has 2 rings (SSSR count). The Kier molecular flexibility index (Phi) is 7.55. The molecule has 0 aliphatic rings. The van der Waals surface area contributed by atoms with Crippen LogP contribution in [0, 0.1) is 11.6 Å². The van der Waals surface area contributed by atoms with E-state index in [0.717, 1.165) is 18.6 Å². The van der Waals surface area contributed by atoms with Gasteiger partial charge in [0.2, 0.25) is 5.91 Å². The number of hydrogen-bond acceptors (Lipinski definition) is 4. The van der Waals surface area contributed by atoms with Crippen molar-refractivity contribution >= 4 is 35.2 Å². The smallest absolute Gasteiger partial charge is 0.251 e. The van der Waals surface area contributed by atoms with Gasteiger partial charge in [-0.2, -0.15) is 0 Å². The Morgan fingerprint density at radius 2 is 1.93 bits per heavy atom.